The highest BCUT2D eigenvalue weighted by molar-refractivity contribution is 5.41. The minimum atomic E-state index is -4.38. The van der Waals surface area contributed by atoms with Crippen molar-refractivity contribution in [1.82, 2.24) is 15.2 Å². The molecule has 0 aromatic carbocycles. The number of hydrogen-bond acceptors (Lipinski definition) is 6. The summed E-state index contributed by atoms with van der Waals surface area (Å²) in [5, 5.41) is 7.51. The molecule has 1 aliphatic heterocycles. The molecule has 1 saturated heterocycles. The van der Waals surface area contributed by atoms with Gasteiger partial charge in [-0.15, -0.1) is 5.10 Å². The quantitative estimate of drug-likeness (QED) is 0.917. The van der Waals surface area contributed by atoms with Gasteiger partial charge in [0, 0.05) is 19.3 Å². The van der Waals surface area contributed by atoms with Crippen LogP contribution in [0.5, 0.6) is 0 Å². The van der Waals surface area contributed by atoms with E-state index >= 15 is 0 Å². The van der Waals surface area contributed by atoms with Crippen LogP contribution in [0.4, 0.5) is 25.0 Å². The van der Waals surface area contributed by atoms with E-state index in [1.165, 1.54) is 6.07 Å². The molecule has 3 rings (SSSR count). The number of halogens is 3. The lowest BCUT2D eigenvalue weighted by molar-refractivity contribution is -0.137. The Morgan fingerprint density at radius 1 is 1.27 bits per heavy atom. The summed E-state index contributed by atoms with van der Waals surface area (Å²) < 4.78 is 42.9. The van der Waals surface area contributed by atoms with E-state index in [9.17, 15) is 13.2 Å². The number of nitrogens with two attached hydrogens (primary N) is 1. The zero-order valence-corrected chi connectivity index (χ0v) is 11.5. The van der Waals surface area contributed by atoms with Gasteiger partial charge in [0.1, 0.15) is 5.82 Å². The van der Waals surface area contributed by atoms with Gasteiger partial charge in [-0.25, -0.2) is 4.98 Å². The maximum absolute atomic E-state index is 12.6. The highest BCUT2D eigenvalue weighted by Gasteiger charge is 2.31. The molecule has 0 saturated carbocycles. The van der Waals surface area contributed by atoms with Crippen molar-refractivity contribution in [2.75, 3.05) is 23.7 Å². The van der Waals surface area contributed by atoms with E-state index in [1.54, 1.807) is 0 Å². The number of hydrogen-bond donors (Lipinski definition) is 1. The van der Waals surface area contributed by atoms with Gasteiger partial charge in [-0.1, -0.05) is 5.10 Å². The van der Waals surface area contributed by atoms with Crippen molar-refractivity contribution in [3.05, 3.63) is 29.8 Å². The van der Waals surface area contributed by atoms with Crippen molar-refractivity contribution < 1.29 is 17.6 Å². The van der Waals surface area contributed by atoms with Crippen molar-refractivity contribution in [2.45, 2.75) is 24.9 Å². The molecule has 2 aromatic heterocycles. The van der Waals surface area contributed by atoms with Gasteiger partial charge in [0.15, 0.2) is 0 Å². The minimum Gasteiger partial charge on any atom is -0.408 e. The summed E-state index contributed by atoms with van der Waals surface area (Å²) >= 11 is 0. The molecule has 2 N–H and O–H groups in total. The third-order valence-corrected chi connectivity index (χ3v) is 3.63. The number of alkyl halides is 3. The van der Waals surface area contributed by atoms with Crippen molar-refractivity contribution >= 4 is 11.8 Å². The van der Waals surface area contributed by atoms with Crippen LogP contribution in [0.25, 0.3) is 0 Å². The Labute approximate surface area is 124 Å². The zero-order valence-electron chi connectivity index (χ0n) is 11.5. The maximum atomic E-state index is 12.6. The number of piperidine rings is 1. The molecular formula is C13H14F3N5O. The van der Waals surface area contributed by atoms with Gasteiger partial charge >= 0.3 is 12.2 Å². The molecule has 0 aliphatic carbocycles. The van der Waals surface area contributed by atoms with Crippen LogP contribution in [-0.4, -0.2) is 28.3 Å². The van der Waals surface area contributed by atoms with Crippen LogP contribution in [0.2, 0.25) is 0 Å². The van der Waals surface area contributed by atoms with Crippen LogP contribution in [-0.2, 0) is 6.18 Å². The first kappa shape index (κ1) is 14.6. The largest absolute Gasteiger partial charge is 0.417 e. The molecule has 22 heavy (non-hydrogen) atoms. The number of aromatic nitrogens is 3. The lowest BCUT2D eigenvalue weighted by Gasteiger charge is -2.32. The van der Waals surface area contributed by atoms with Crippen LogP contribution >= 0.6 is 0 Å². The van der Waals surface area contributed by atoms with Crippen LogP contribution in [0.15, 0.2) is 22.7 Å². The van der Waals surface area contributed by atoms with Crippen LogP contribution in [0, 0.1) is 0 Å². The van der Waals surface area contributed by atoms with E-state index in [0.717, 1.165) is 31.6 Å². The summed E-state index contributed by atoms with van der Waals surface area (Å²) in [4.78, 5) is 5.83. The molecule has 1 fully saturated rings. The smallest absolute Gasteiger partial charge is 0.408 e. The van der Waals surface area contributed by atoms with Crippen LogP contribution < -0.4 is 10.6 Å². The monoisotopic (exact) mass is 313 g/mol. The van der Waals surface area contributed by atoms with Crippen molar-refractivity contribution in [3.63, 3.8) is 0 Å². The maximum Gasteiger partial charge on any atom is 0.417 e. The lowest BCUT2D eigenvalue weighted by atomic mass is 9.98. The first-order valence-corrected chi connectivity index (χ1v) is 6.80. The Kier molecular flexibility index (Phi) is 3.63. The molecule has 6 nitrogen and oxygen atoms in total. The van der Waals surface area contributed by atoms with Crippen LogP contribution in [0.3, 0.4) is 0 Å². The third kappa shape index (κ3) is 2.97. The molecule has 1 aliphatic rings. The van der Waals surface area contributed by atoms with Gasteiger partial charge in [0.2, 0.25) is 5.89 Å². The number of anilines is 2. The molecule has 9 heteroatoms. The Morgan fingerprint density at radius 3 is 2.68 bits per heavy atom. The van der Waals surface area contributed by atoms with Gasteiger partial charge in [-0.3, -0.25) is 0 Å². The Hall–Kier alpha value is -2.32. The van der Waals surface area contributed by atoms with E-state index in [1.807, 2.05) is 4.90 Å². The molecule has 0 spiro atoms. The SMILES string of the molecule is Nc1nnc(C2CCCN(c3ccc(C(F)(F)F)cn3)C2)o1. The van der Waals surface area contributed by atoms with E-state index in [4.69, 9.17) is 10.2 Å². The average molecular weight is 313 g/mol. The topological polar surface area (TPSA) is 81.1 Å². The minimum absolute atomic E-state index is 0.00245. The Balaban J connectivity index is 1.74. The number of nitrogens with zero attached hydrogens (tertiary/aromatic N) is 4. The number of rotatable bonds is 2. The average Bonchev–Trinajstić information content (AvgIpc) is 2.93. The van der Waals surface area contributed by atoms with Gasteiger partial charge in [0.05, 0.1) is 11.5 Å². The molecule has 0 amide bonds. The summed E-state index contributed by atoms with van der Waals surface area (Å²) in [5.74, 6) is 0.960. The third-order valence-electron chi connectivity index (χ3n) is 3.63. The standard InChI is InChI=1S/C13H14F3N5O/c14-13(15,16)9-3-4-10(18-6-9)21-5-1-2-8(7-21)11-19-20-12(17)22-11/h3-4,6,8H,1-2,5,7H2,(H2,17,20). The summed E-state index contributed by atoms with van der Waals surface area (Å²) in [5.41, 5.74) is 4.66. The van der Waals surface area contributed by atoms with Crippen molar-refractivity contribution in [2.24, 2.45) is 0 Å². The highest BCUT2D eigenvalue weighted by atomic mass is 19.4. The van der Waals surface area contributed by atoms with Gasteiger partial charge in [-0.05, 0) is 25.0 Å². The molecule has 118 valence electrons. The number of pyridine rings is 1. The van der Waals surface area contributed by atoms with Gasteiger partial charge in [0.25, 0.3) is 0 Å². The van der Waals surface area contributed by atoms with Crippen molar-refractivity contribution in [1.29, 1.82) is 0 Å². The van der Waals surface area contributed by atoms with Gasteiger partial charge < -0.3 is 15.1 Å². The predicted octanol–water partition coefficient (Wildman–Crippen LogP) is 2.45. The van der Waals surface area contributed by atoms with E-state index in [-0.39, 0.29) is 11.9 Å². The second-order valence-corrected chi connectivity index (χ2v) is 5.17. The van der Waals surface area contributed by atoms with E-state index < -0.39 is 11.7 Å². The summed E-state index contributed by atoms with van der Waals surface area (Å²) in [6.45, 7) is 1.28. The first-order valence-electron chi connectivity index (χ1n) is 6.80. The van der Waals surface area contributed by atoms with Crippen LogP contribution in [0.1, 0.15) is 30.2 Å². The second-order valence-electron chi connectivity index (χ2n) is 5.17. The fourth-order valence-electron chi connectivity index (χ4n) is 2.54. The summed E-state index contributed by atoms with van der Waals surface area (Å²) in [6.07, 6.45) is -1.81. The van der Waals surface area contributed by atoms with E-state index in [2.05, 4.69) is 15.2 Å². The molecule has 0 bridgehead atoms. The van der Waals surface area contributed by atoms with Crippen molar-refractivity contribution in [3.8, 4) is 0 Å². The molecule has 0 radical (unpaired) electrons. The molecular weight excluding hydrogens is 299 g/mol. The second kappa shape index (κ2) is 5.47. The molecule has 3 heterocycles. The molecule has 1 unspecified atom stereocenters. The fraction of sp³-hybridized carbons (Fsp3) is 0.462. The van der Waals surface area contributed by atoms with Gasteiger partial charge in [-0.2, -0.15) is 13.2 Å². The Bertz CT molecular complexity index is 640. The normalized spacial score (nSPS) is 19.4. The predicted molar refractivity (Wildman–Crippen MR) is 72.1 cm³/mol. The Morgan fingerprint density at radius 2 is 2.09 bits per heavy atom. The summed E-state index contributed by atoms with van der Waals surface area (Å²) in [7, 11) is 0. The van der Waals surface area contributed by atoms with E-state index in [0.29, 0.717) is 18.3 Å². The fourth-order valence-corrected chi connectivity index (χ4v) is 2.54. The summed E-state index contributed by atoms with van der Waals surface area (Å²) in [6, 6.07) is 2.43. The zero-order chi connectivity index (χ0) is 15.7. The number of nitrogen functional groups attached to an aromatic ring is 1. The molecule has 1 atom stereocenters. The first-order chi connectivity index (χ1) is 10.4. The lowest BCUT2D eigenvalue weighted by Crippen LogP contribution is -2.35. The molecule has 2 aromatic rings. The highest BCUT2D eigenvalue weighted by Crippen LogP contribution is 2.31.